The molecule has 0 heterocycles. The van der Waals surface area contributed by atoms with Crippen molar-refractivity contribution >= 4 is 16.0 Å². The van der Waals surface area contributed by atoms with Crippen LogP contribution >= 0.6 is 0 Å². The molecule has 0 amide bonds. The Balaban J connectivity index is 2.34. The SMILES string of the molecule is Cc1cc(C(=O)O)cc(S(=O)(=O)NCC(c2cccc(F)c2)N(C)C)c1C. The molecule has 146 valence electrons. The molecule has 2 aromatic carbocycles. The van der Waals surface area contributed by atoms with Crippen LogP contribution < -0.4 is 4.72 Å². The Labute approximate surface area is 158 Å². The number of benzene rings is 2. The van der Waals surface area contributed by atoms with E-state index in [-0.39, 0.29) is 23.0 Å². The first-order chi connectivity index (χ1) is 12.5. The number of sulfonamides is 1. The minimum atomic E-state index is -3.95. The highest BCUT2D eigenvalue weighted by atomic mass is 32.2. The van der Waals surface area contributed by atoms with Gasteiger partial charge in [-0.25, -0.2) is 22.3 Å². The van der Waals surface area contributed by atoms with E-state index in [1.165, 1.54) is 18.2 Å². The topological polar surface area (TPSA) is 86.7 Å². The van der Waals surface area contributed by atoms with Crippen molar-refractivity contribution in [1.82, 2.24) is 9.62 Å². The lowest BCUT2D eigenvalue weighted by Gasteiger charge is -2.25. The summed E-state index contributed by atoms with van der Waals surface area (Å²) in [5.74, 6) is -1.59. The van der Waals surface area contributed by atoms with Crippen molar-refractivity contribution in [3.05, 3.63) is 64.5 Å². The molecule has 0 saturated carbocycles. The van der Waals surface area contributed by atoms with E-state index in [1.807, 2.05) is 0 Å². The second-order valence-corrected chi connectivity index (χ2v) is 8.34. The minimum absolute atomic E-state index is 0.00851. The molecule has 6 nitrogen and oxygen atoms in total. The van der Waals surface area contributed by atoms with Gasteiger partial charge in [-0.3, -0.25) is 0 Å². The van der Waals surface area contributed by atoms with Crippen molar-refractivity contribution in [1.29, 1.82) is 0 Å². The van der Waals surface area contributed by atoms with Crippen LogP contribution in [-0.2, 0) is 10.0 Å². The van der Waals surface area contributed by atoms with Crippen LogP contribution in [0.4, 0.5) is 4.39 Å². The Morgan fingerprint density at radius 2 is 1.89 bits per heavy atom. The highest BCUT2D eigenvalue weighted by molar-refractivity contribution is 7.89. The molecule has 2 N–H and O–H groups in total. The van der Waals surface area contributed by atoms with Gasteiger partial charge in [-0.2, -0.15) is 0 Å². The number of halogens is 1. The maximum Gasteiger partial charge on any atom is 0.335 e. The number of hydrogen-bond donors (Lipinski definition) is 2. The van der Waals surface area contributed by atoms with E-state index in [0.717, 1.165) is 6.07 Å². The Hall–Kier alpha value is -2.29. The molecule has 1 atom stereocenters. The van der Waals surface area contributed by atoms with Gasteiger partial charge in [0.1, 0.15) is 5.82 Å². The summed E-state index contributed by atoms with van der Waals surface area (Å²) in [7, 11) is -0.414. The maximum atomic E-state index is 13.5. The van der Waals surface area contributed by atoms with E-state index in [0.29, 0.717) is 16.7 Å². The number of nitrogens with zero attached hydrogens (tertiary/aromatic N) is 1. The molecule has 0 aliphatic carbocycles. The molecule has 8 heteroatoms. The highest BCUT2D eigenvalue weighted by Crippen LogP contribution is 2.23. The van der Waals surface area contributed by atoms with Crippen LogP contribution in [0.15, 0.2) is 41.3 Å². The fourth-order valence-electron chi connectivity index (χ4n) is 2.81. The first-order valence-electron chi connectivity index (χ1n) is 8.29. The van der Waals surface area contributed by atoms with E-state index < -0.39 is 21.8 Å². The number of carboxylic acid groups (broad SMARTS) is 1. The monoisotopic (exact) mass is 394 g/mol. The molecule has 2 aromatic rings. The van der Waals surface area contributed by atoms with E-state index >= 15 is 0 Å². The van der Waals surface area contributed by atoms with Crippen LogP contribution in [0.2, 0.25) is 0 Å². The predicted octanol–water partition coefficient (Wildman–Crippen LogP) is 2.72. The Kier molecular flexibility index (Phi) is 6.35. The molecular weight excluding hydrogens is 371 g/mol. The molecule has 1 unspecified atom stereocenters. The van der Waals surface area contributed by atoms with Crippen molar-refractivity contribution in [2.45, 2.75) is 24.8 Å². The molecule has 0 bridgehead atoms. The van der Waals surface area contributed by atoms with Crippen LogP contribution in [0.3, 0.4) is 0 Å². The summed E-state index contributed by atoms with van der Waals surface area (Å²) in [6.07, 6.45) is 0. The summed E-state index contributed by atoms with van der Waals surface area (Å²) in [4.78, 5) is 13.0. The van der Waals surface area contributed by atoms with E-state index in [9.17, 15) is 22.7 Å². The van der Waals surface area contributed by atoms with E-state index in [4.69, 9.17) is 0 Å². The van der Waals surface area contributed by atoms with Crippen molar-refractivity contribution in [2.24, 2.45) is 0 Å². The van der Waals surface area contributed by atoms with Gasteiger partial charge in [-0.05, 0) is 68.9 Å². The van der Waals surface area contributed by atoms with Crippen LogP contribution in [0.1, 0.15) is 33.1 Å². The smallest absolute Gasteiger partial charge is 0.335 e. The fourth-order valence-corrected chi connectivity index (χ4v) is 4.19. The third-order valence-electron chi connectivity index (χ3n) is 4.48. The summed E-state index contributed by atoms with van der Waals surface area (Å²) < 4.78 is 41.7. The molecule has 0 aliphatic rings. The molecule has 27 heavy (non-hydrogen) atoms. The Morgan fingerprint density at radius 1 is 1.22 bits per heavy atom. The first-order valence-corrected chi connectivity index (χ1v) is 9.77. The number of aromatic carboxylic acids is 1. The highest BCUT2D eigenvalue weighted by Gasteiger charge is 2.23. The summed E-state index contributed by atoms with van der Waals surface area (Å²) in [6.45, 7) is 3.30. The van der Waals surface area contributed by atoms with E-state index in [1.54, 1.807) is 45.0 Å². The molecule has 0 saturated heterocycles. The van der Waals surface area contributed by atoms with Crippen LogP contribution in [-0.4, -0.2) is 45.0 Å². The van der Waals surface area contributed by atoms with Gasteiger partial charge in [0.15, 0.2) is 0 Å². The van der Waals surface area contributed by atoms with Crippen LogP contribution in [0, 0.1) is 19.7 Å². The van der Waals surface area contributed by atoms with Crippen molar-refractivity contribution < 1.29 is 22.7 Å². The third-order valence-corrected chi connectivity index (χ3v) is 6.03. The van der Waals surface area contributed by atoms with E-state index in [2.05, 4.69) is 4.72 Å². The average molecular weight is 394 g/mol. The number of carboxylic acids is 1. The van der Waals surface area contributed by atoms with Gasteiger partial charge in [0.25, 0.3) is 0 Å². The fraction of sp³-hybridized carbons (Fsp3) is 0.316. The number of carbonyl (C=O) groups is 1. The average Bonchev–Trinajstić information content (AvgIpc) is 2.56. The zero-order valence-corrected chi connectivity index (χ0v) is 16.5. The molecule has 0 spiro atoms. The van der Waals surface area contributed by atoms with Gasteiger partial charge >= 0.3 is 5.97 Å². The van der Waals surface area contributed by atoms with Crippen molar-refractivity contribution in [2.75, 3.05) is 20.6 Å². The molecule has 0 fully saturated rings. The van der Waals surface area contributed by atoms with Crippen LogP contribution in [0.5, 0.6) is 0 Å². The quantitative estimate of drug-likeness (QED) is 0.754. The minimum Gasteiger partial charge on any atom is -0.478 e. The summed E-state index contributed by atoms with van der Waals surface area (Å²) >= 11 is 0. The molecule has 0 aliphatic heterocycles. The molecule has 2 rings (SSSR count). The second-order valence-electron chi connectivity index (χ2n) is 6.61. The number of aryl methyl sites for hydroxylation is 1. The second kappa shape index (κ2) is 8.16. The summed E-state index contributed by atoms with van der Waals surface area (Å²) in [6, 6.07) is 8.18. The summed E-state index contributed by atoms with van der Waals surface area (Å²) in [5.41, 5.74) is 1.60. The number of hydrogen-bond acceptors (Lipinski definition) is 4. The number of likely N-dealkylation sites (N-methyl/N-ethyl adjacent to an activating group) is 1. The lowest BCUT2D eigenvalue weighted by atomic mass is 10.1. The molecular formula is C19H23FN2O4S. The normalized spacial score (nSPS) is 13.0. The zero-order chi connectivity index (χ0) is 20.4. The Bertz CT molecular complexity index is 958. The van der Waals surface area contributed by atoms with Gasteiger partial charge in [0.2, 0.25) is 10.0 Å². The Morgan fingerprint density at radius 3 is 2.44 bits per heavy atom. The standard InChI is InChI=1S/C19H23FN2O4S/c1-12-8-15(19(23)24)10-18(13(12)2)27(25,26)21-11-17(22(3)4)14-6-5-7-16(20)9-14/h5-10,17,21H,11H2,1-4H3,(H,23,24). The predicted molar refractivity (Wildman–Crippen MR) is 101 cm³/mol. The van der Waals surface area contributed by atoms with Gasteiger partial charge in [-0.1, -0.05) is 12.1 Å². The molecule has 0 aromatic heterocycles. The largest absolute Gasteiger partial charge is 0.478 e. The number of rotatable bonds is 7. The van der Waals surface area contributed by atoms with Crippen LogP contribution in [0.25, 0.3) is 0 Å². The lowest BCUT2D eigenvalue weighted by molar-refractivity contribution is 0.0696. The zero-order valence-electron chi connectivity index (χ0n) is 15.7. The van der Waals surface area contributed by atoms with Crippen molar-refractivity contribution in [3.8, 4) is 0 Å². The van der Waals surface area contributed by atoms with Gasteiger partial charge in [0, 0.05) is 12.6 Å². The lowest BCUT2D eigenvalue weighted by Crippen LogP contribution is -2.35. The van der Waals surface area contributed by atoms with Gasteiger partial charge < -0.3 is 10.0 Å². The first kappa shape index (κ1) is 21.0. The van der Waals surface area contributed by atoms with Gasteiger partial charge in [-0.15, -0.1) is 0 Å². The number of nitrogens with one attached hydrogen (secondary N) is 1. The van der Waals surface area contributed by atoms with Crippen molar-refractivity contribution in [3.63, 3.8) is 0 Å². The maximum absolute atomic E-state index is 13.5. The molecule has 0 radical (unpaired) electrons. The summed E-state index contributed by atoms with van der Waals surface area (Å²) in [5, 5.41) is 9.20. The third kappa shape index (κ3) is 4.91. The van der Waals surface area contributed by atoms with Gasteiger partial charge in [0.05, 0.1) is 10.5 Å².